The standard InChI is InChI=1S/C22H21N5O3/c1-13-23-18(12-27(13)2)15-4-5-17-16(11-15)22(26-25-17)24-21(28)10-14-3-6-19-20(9-14)30-8-7-29-19/h3-6,9,11-12H,7-8,10H2,1-2H3,(H2,24,25,26,28). The van der Waals surface area contributed by atoms with Gasteiger partial charge in [-0.1, -0.05) is 12.1 Å². The topological polar surface area (TPSA) is 94.1 Å². The fraction of sp³-hybridized carbons (Fsp3) is 0.227. The molecule has 0 saturated heterocycles. The number of carbonyl (C=O) groups is 1. The lowest BCUT2D eigenvalue weighted by Gasteiger charge is -2.18. The zero-order valence-electron chi connectivity index (χ0n) is 16.7. The number of fused-ring (bicyclic) bond motifs is 2. The fourth-order valence-corrected chi connectivity index (χ4v) is 3.53. The van der Waals surface area contributed by atoms with Gasteiger partial charge in [0.25, 0.3) is 0 Å². The Morgan fingerprint density at radius 3 is 2.80 bits per heavy atom. The average molecular weight is 403 g/mol. The molecule has 30 heavy (non-hydrogen) atoms. The van der Waals surface area contributed by atoms with Gasteiger partial charge in [0.15, 0.2) is 17.3 Å². The lowest BCUT2D eigenvalue weighted by molar-refractivity contribution is -0.115. The maximum Gasteiger partial charge on any atom is 0.230 e. The summed E-state index contributed by atoms with van der Waals surface area (Å²) in [6.45, 7) is 3.02. The largest absolute Gasteiger partial charge is 0.486 e. The highest BCUT2D eigenvalue weighted by molar-refractivity contribution is 6.01. The molecular formula is C22H21N5O3. The quantitative estimate of drug-likeness (QED) is 0.546. The molecule has 5 rings (SSSR count). The number of rotatable bonds is 4. The van der Waals surface area contributed by atoms with Gasteiger partial charge in [0.1, 0.15) is 19.0 Å². The Morgan fingerprint density at radius 2 is 2.00 bits per heavy atom. The first kappa shape index (κ1) is 18.2. The van der Waals surface area contributed by atoms with Crippen LogP contribution >= 0.6 is 0 Å². The molecule has 3 heterocycles. The molecule has 2 aromatic carbocycles. The number of aryl methyl sites for hydroxylation is 2. The third kappa shape index (κ3) is 3.36. The summed E-state index contributed by atoms with van der Waals surface area (Å²) in [5, 5.41) is 11.0. The van der Waals surface area contributed by atoms with Crippen molar-refractivity contribution in [2.75, 3.05) is 18.5 Å². The number of aromatic amines is 1. The van der Waals surface area contributed by atoms with Gasteiger partial charge in [-0.3, -0.25) is 9.89 Å². The number of amides is 1. The summed E-state index contributed by atoms with van der Waals surface area (Å²) in [6.07, 6.45) is 2.20. The van der Waals surface area contributed by atoms with E-state index < -0.39 is 0 Å². The molecule has 8 heteroatoms. The van der Waals surface area contributed by atoms with Crippen molar-refractivity contribution in [2.24, 2.45) is 7.05 Å². The SMILES string of the molecule is Cc1nc(-c2ccc3[nH]nc(NC(=O)Cc4ccc5c(c4)OCCO5)c3c2)cn1C. The summed E-state index contributed by atoms with van der Waals surface area (Å²) < 4.78 is 13.1. The fourth-order valence-electron chi connectivity index (χ4n) is 3.53. The van der Waals surface area contributed by atoms with E-state index in [-0.39, 0.29) is 12.3 Å². The second kappa shape index (κ2) is 7.22. The van der Waals surface area contributed by atoms with Gasteiger partial charge in [-0.05, 0) is 36.8 Å². The number of carbonyl (C=O) groups excluding carboxylic acids is 1. The Labute approximate surface area is 172 Å². The van der Waals surface area contributed by atoms with Crippen LogP contribution in [0.15, 0.2) is 42.6 Å². The molecule has 0 saturated carbocycles. The number of H-pyrrole nitrogens is 1. The van der Waals surface area contributed by atoms with E-state index in [1.807, 2.05) is 61.1 Å². The van der Waals surface area contributed by atoms with E-state index in [1.165, 1.54) is 0 Å². The van der Waals surface area contributed by atoms with Crippen LogP contribution in [-0.2, 0) is 18.3 Å². The second-order valence-corrected chi connectivity index (χ2v) is 7.32. The molecule has 4 aromatic rings. The van der Waals surface area contributed by atoms with Crippen molar-refractivity contribution >= 4 is 22.6 Å². The highest BCUT2D eigenvalue weighted by Crippen LogP contribution is 2.31. The van der Waals surface area contributed by atoms with Gasteiger partial charge in [-0.2, -0.15) is 5.10 Å². The number of benzene rings is 2. The Kier molecular flexibility index (Phi) is 4.39. The van der Waals surface area contributed by atoms with Gasteiger partial charge in [-0.15, -0.1) is 0 Å². The molecule has 0 fully saturated rings. The summed E-state index contributed by atoms with van der Waals surface area (Å²) >= 11 is 0. The third-order valence-electron chi connectivity index (χ3n) is 5.20. The monoisotopic (exact) mass is 403 g/mol. The zero-order valence-corrected chi connectivity index (χ0v) is 16.7. The average Bonchev–Trinajstić information content (AvgIpc) is 3.30. The maximum absolute atomic E-state index is 12.6. The van der Waals surface area contributed by atoms with Gasteiger partial charge < -0.3 is 19.4 Å². The van der Waals surface area contributed by atoms with Gasteiger partial charge in [0, 0.05) is 24.2 Å². The van der Waals surface area contributed by atoms with Crippen LogP contribution in [0.2, 0.25) is 0 Å². The van der Waals surface area contributed by atoms with Gasteiger partial charge in [-0.25, -0.2) is 4.98 Å². The minimum Gasteiger partial charge on any atom is -0.486 e. The number of aromatic nitrogens is 4. The number of nitrogens with zero attached hydrogens (tertiary/aromatic N) is 3. The van der Waals surface area contributed by atoms with E-state index >= 15 is 0 Å². The van der Waals surface area contributed by atoms with Crippen LogP contribution in [0, 0.1) is 6.92 Å². The molecule has 152 valence electrons. The zero-order chi connectivity index (χ0) is 20.7. The minimum absolute atomic E-state index is 0.154. The third-order valence-corrected chi connectivity index (χ3v) is 5.20. The molecular weight excluding hydrogens is 382 g/mol. The van der Waals surface area contributed by atoms with Crippen molar-refractivity contribution in [1.29, 1.82) is 0 Å². The molecule has 1 aliphatic rings. The van der Waals surface area contributed by atoms with Gasteiger partial charge >= 0.3 is 0 Å². The maximum atomic E-state index is 12.6. The van der Waals surface area contributed by atoms with Crippen molar-refractivity contribution in [3.05, 3.63) is 54.0 Å². The molecule has 8 nitrogen and oxygen atoms in total. The van der Waals surface area contributed by atoms with Crippen LogP contribution in [0.5, 0.6) is 11.5 Å². The highest BCUT2D eigenvalue weighted by atomic mass is 16.6. The molecule has 2 N–H and O–H groups in total. The normalized spacial score (nSPS) is 12.9. The van der Waals surface area contributed by atoms with Crippen LogP contribution in [0.1, 0.15) is 11.4 Å². The predicted octanol–water partition coefficient (Wildman–Crippen LogP) is 3.22. The van der Waals surface area contributed by atoms with E-state index in [2.05, 4.69) is 20.5 Å². The van der Waals surface area contributed by atoms with Crippen molar-refractivity contribution in [3.63, 3.8) is 0 Å². The van der Waals surface area contributed by atoms with E-state index in [9.17, 15) is 4.79 Å². The Bertz CT molecular complexity index is 1240. The van der Waals surface area contributed by atoms with Gasteiger partial charge in [0.2, 0.25) is 5.91 Å². The number of nitrogens with one attached hydrogen (secondary N) is 2. The first-order valence-electron chi connectivity index (χ1n) is 9.74. The Hall–Kier alpha value is -3.81. The van der Waals surface area contributed by atoms with Gasteiger partial charge in [0.05, 0.1) is 17.6 Å². The molecule has 1 amide bonds. The lowest BCUT2D eigenvalue weighted by Crippen LogP contribution is -2.17. The summed E-state index contributed by atoms with van der Waals surface area (Å²) in [5.74, 6) is 2.67. The molecule has 2 aromatic heterocycles. The number of anilines is 1. The Balaban J connectivity index is 1.37. The molecule has 0 spiro atoms. The first-order chi connectivity index (χ1) is 14.6. The van der Waals surface area contributed by atoms with E-state index in [4.69, 9.17) is 9.47 Å². The van der Waals surface area contributed by atoms with Crippen molar-refractivity contribution < 1.29 is 14.3 Å². The van der Waals surface area contributed by atoms with Crippen LogP contribution in [0.3, 0.4) is 0 Å². The van der Waals surface area contributed by atoms with Crippen molar-refractivity contribution in [2.45, 2.75) is 13.3 Å². The van der Waals surface area contributed by atoms with E-state index in [1.54, 1.807) is 0 Å². The number of imidazole rings is 1. The number of hydrogen-bond donors (Lipinski definition) is 2. The van der Waals surface area contributed by atoms with Crippen LogP contribution in [0.25, 0.3) is 22.2 Å². The van der Waals surface area contributed by atoms with E-state index in [0.717, 1.165) is 33.5 Å². The summed E-state index contributed by atoms with van der Waals surface area (Å²) in [6, 6.07) is 11.5. The second-order valence-electron chi connectivity index (χ2n) is 7.32. The number of ether oxygens (including phenoxy) is 2. The van der Waals surface area contributed by atoms with Crippen molar-refractivity contribution in [1.82, 2.24) is 19.7 Å². The number of hydrogen-bond acceptors (Lipinski definition) is 5. The molecule has 0 atom stereocenters. The lowest BCUT2D eigenvalue weighted by atomic mass is 10.1. The molecule has 0 radical (unpaired) electrons. The molecule has 0 bridgehead atoms. The van der Waals surface area contributed by atoms with Crippen molar-refractivity contribution in [3.8, 4) is 22.8 Å². The summed E-state index contributed by atoms with van der Waals surface area (Å²) in [5.41, 5.74) is 3.55. The van der Waals surface area contributed by atoms with Crippen LogP contribution < -0.4 is 14.8 Å². The van der Waals surface area contributed by atoms with Crippen LogP contribution in [0.4, 0.5) is 5.82 Å². The summed E-state index contributed by atoms with van der Waals surface area (Å²) in [7, 11) is 1.96. The van der Waals surface area contributed by atoms with E-state index in [0.29, 0.717) is 30.5 Å². The Morgan fingerprint density at radius 1 is 1.17 bits per heavy atom. The van der Waals surface area contributed by atoms with Crippen LogP contribution in [-0.4, -0.2) is 38.9 Å². The molecule has 1 aliphatic heterocycles. The summed E-state index contributed by atoms with van der Waals surface area (Å²) in [4.78, 5) is 17.2. The minimum atomic E-state index is -0.154. The smallest absolute Gasteiger partial charge is 0.230 e. The first-order valence-corrected chi connectivity index (χ1v) is 9.74. The molecule has 0 unspecified atom stereocenters. The highest BCUT2D eigenvalue weighted by Gasteiger charge is 2.15. The molecule has 0 aliphatic carbocycles. The predicted molar refractivity (Wildman–Crippen MR) is 113 cm³/mol.